The molecule has 8 heteroatoms. The molecule has 0 unspecified atom stereocenters. The van der Waals surface area contributed by atoms with Crippen molar-refractivity contribution in [3.8, 4) is 6.07 Å². The Kier molecular flexibility index (Phi) is 6.17. The van der Waals surface area contributed by atoms with Crippen molar-refractivity contribution in [2.45, 2.75) is 50.2 Å². The molecule has 0 spiro atoms. The first-order valence-electron chi connectivity index (χ1n) is 8.62. The fourth-order valence-electron chi connectivity index (χ4n) is 3.22. The summed E-state index contributed by atoms with van der Waals surface area (Å²) in [5.41, 5.74) is 0.958. The van der Waals surface area contributed by atoms with Crippen LogP contribution in [-0.2, 0) is 4.79 Å². The van der Waals surface area contributed by atoms with Gasteiger partial charge in [-0.15, -0.1) is 10.2 Å². The van der Waals surface area contributed by atoms with E-state index in [0.717, 1.165) is 23.8 Å². The zero-order chi connectivity index (χ0) is 18.5. The lowest BCUT2D eigenvalue weighted by atomic mass is 9.95. The van der Waals surface area contributed by atoms with Crippen molar-refractivity contribution in [1.29, 1.82) is 5.26 Å². The molecule has 6 nitrogen and oxygen atoms in total. The average molecular weight is 390 g/mol. The third-order valence-corrected chi connectivity index (χ3v) is 5.74. The van der Waals surface area contributed by atoms with Gasteiger partial charge in [0.2, 0.25) is 5.91 Å². The molecule has 0 aliphatic heterocycles. The van der Waals surface area contributed by atoms with Crippen LogP contribution in [0.15, 0.2) is 23.4 Å². The molecule has 136 valence electrons. The molecule has 1 aromatic heterocycles. The molecule has 1 amide bonds. The molecule has 1 aliphatic carbocycles. The van der Waals surface area contributed by atoms with Crippen LogP contribution in [0.2, 0.25) is 5.02 Å². The number of thioether (sulfide) groups is 1. The monoisotopic (exact) mass is 389 g/mol. The number of aromatic nitrogens is 3. The SMILES string of the molecule is Cc1nnc(SCC(=O)Nc2ccc(C#N)c(Cl)c2)n1C1CCCCC1. The van der Waals surface area contributed by atoms with Crippen molar-refractivity contribution in [2.24, 2.45) is 0 Å². The maximum Gasteiger partial charge on any atom is 0.234 e. The Balaban J connectivity index is 1.61. The molecule has 0 radical (unpaired) electrons. The summed E-state index contributed by atoms with van der Waals surface area (Å²) in [5, 5.41) is 21.3. The molecular weight excluding hydrogens is 370 g/mol. The normalized spacial score (nSPS) is 14.8. The van der Waals surface area contributed by atoms with Gasteiger partial charge < -0.3 is 9.88 Å². The van der Waals surface area contributed by atoms with Crippen LogP contribution in [-0.4, -0.2) is 26.4 Å². The fraction of sp³-hybridized carbons (Fsp3) is 0.444. The number of amides is 1. The molecule has 0 atom stereocenters. The van der Waals surface area contributed by atoms with Crippen molar-refractivity contribution in [1.82, 2.24) is 14.8 Å². The summed E-state index contributed by atoms with van der Waals surface area (Å²) in [4.78, 5) is 12.2. The summed E-state index contributed by atoms with van der Waals surface area (Å²) in [7, 11) is 0. The third-order valence-electron chi connectivity index (χ3n) is 4.48. The first-order chi connectivity index (χ1) is 12.6. The van der Waals surface area contributed by atoms with E-state index in [-0.39, 0.29) is 11.7 Å². The smallest absolute Gasteiger partial charge is 0.234 e. The molecule has 1 N–H and O–H groups in total. The highest BCUT2D eigenvalue weighted by atomic mass is 35.5. The number of halogens is 1. The average Bonchev–Trinajstić information content (AvgIpc) is 3.01. The van der Waals surface area contributed by atoms with E-state index in [0.29, 0.717) is 22.3 Å². The summed E-state index contributed by atoms with van der Waals surface area (Å²) in [6.07, 6.45) is 6.03. The van der Waals surface area contributed by atoms with Crippen LogP contribution in [0.3, 0.4) is 0 Å². The van der Waals surface area contributed by atoms with Crippen LogP contribution in [0.1, 0.15) is 49.5 Å². The number of carbonyl (C=O) groups excluding carboxylic acids is 1. The Bertz CT molecular complexity index is 839. The second kappa shape index (κ2) is 8.56. The number of anilines is 1. The topological polar surface area (TPSA) is 83.6 Å². The minimum absolute atomic E-state index is 0.147. The van der Waals surface area contributed by atoms with Gasteiger partial charge in [-0.25, -0.2) is 0 Å². The fourth-order valence-corrected chi connectivity index (χ4v) is 4.29. The largest absolute Gasteiger partial charge is 0.325 e. The molecule has 2 aromatic rings. The van der Waals surface area contributed by atoms with Crippen LogP contribution in [0.25, 0.3) is 0 Å². The molecule has 1 saturated carbocycles. The van der Waals surface area contributed by atoms with Gasteiger partial charge in [0, 0.05) is 11.7 Å². The van der Waals surface area contributed by atoms with E-state index in [9.17, 15) is 4.79 Å². The van der Waals surface area contributed by atoms with E-state index in [4.69, 9.17) is 16.9 Å². The molecule has 1 heterocycles. The molecular formula is C18H20ClN5OS. The van der Waals surface area contributed by atoms with E-state index in [1.165, 1.54) is 31.0 Å². The number of hydrogen-bond donors (Lipinski definition) is 1. The Morgan fingerprint density at radius 2 is 2.15 bits per heavy atom. The lowest BCUT2D eigenvalue weighted by Gasteiger charge is -2.24. The van der Waals surface area contributed by atoms with Crippen molar-refractivity contribution >= 4 is 35.0 Å². The van der Waals surface area contributed by atoms with E-state index in [1.54, 1.807) is 18.2 Å². The second-order valence-corrected chi connectivity index (χ2v) is 7.68. The molecule has 0 bridgehead atoms. The van der Waals surface area contributed by atoms with Crippen molar-refractivity contribution < 1.29 is 4.79 Å². The number of aryl methyl sites for hydroxylation is 1. The van der Waals surface area contributed by atoms with Crippen molar-refractivity contribution in [3.05, 3.63) is 34.6 Å². The summed E-state index contributed by atoms with van der Waals surface area (Å²) < 4.78 is 2.18. The minimum Gasteiger partial charge on any atom is -0.325 e. The van der Waals surface area contributed by atoms with Crippen LogP contribution in [0.4, 0.5) is 5.69 Å². The molecule has 3 rings (SSSR count). The highest BCUT2D eigenvalue weighted by Crippen LogP contribution is 2.32. The number of hydrogen-bond acceptors (Lipinski definition) is 5. The number of carbonyl (C=O) groups is 1. The molecule has 1 aliphatic rings. The van der Waals surface area contributed by atoms with Crippen LogP contribution in [0.5, 0.6) is 0 Å². The summed E-state index contributed by atoms with van der Waals surface area (Å²) in [5.74, 6) is 0.993. The highest BCUT2D eigenvalue weighted by Gasteiger charge is 2.21. The lowest BCUT2D eigenvalue weighted by Crippen LogP contribution is -2.17. The summed E-state index contributed by atoms with van der Waals surface area (Å²) in [6.45, 7) is 1.96. The molecule has 1 aromatic carbocycles. The van der Waals surface area contributed by atoms with Gasteiger partial charge in [0.25, 0.3) is 0 Å². The van der Waals surface area contributed by atoms with Crippen molar-refractivity contribution in [3.63, 3.8) is 0 Å². The molecule has 26 heavy (non-hydrogen) atoms. The van der Waals surface area contributed by atoms with Crippen LogP contribution < -0.4 is 5.32 Å². The maximum atomic E-state index is 12.2. The number of nitrogens with zero attached hydrogens (tertiary/aromatic N) is 4. The Labute approximate surface area is 161 Å². The van der Waals surface area contributed by atoms with E-state index in [2.05, 4.69) is 20.1 Å². The van der Waals surface area contributed by atoms with E-state index in [1.807, 2.05) is 13.0 Å². The van der Waals surface area contributed by atoms with E-state index >= 15 is 0 Å². The molecule has 0 saturated heterocycles. The lowest BCUT2D eigenvalue weighted by molar-refractivity contribution is -0.113. The standard InChI is InChI=1S/C18H20ClN5OS/c1-12-22-23-18(24(12)15-5-3-2-4-6-15)26-11-17(25)21-14-8-7-13(10-20)16(19)9-14/h7-9,15H,2-6,11H2,1H3,(H,21,25). The number of nitrogens with one attached hydrogen (secondary N) is 1. The van der Waals surface area contributed by atoms with Gasteiger partial charge in [-0.1, -0.05) is 42.6 Å². The summed E-state index contributed by atoms with van der Waals surface area (Å²) in [6, 6.07) is 7.27. The number of rotatable bonds is 5. The van der Waals surface area contributed by atoms with Gasteiger partial charge in [0.05, 0.1) is 16.3 Å². The first-order valence-corrected chi connectivity index (χ1v) is 9.98. The third kappa shape index (κ3) is 4.37. The Morgan fingerprint density at radius 1 is 1.38 bits per heavy atom. The number of benzene rings is 1. The Hall–Kier alpha value is -2.04. The van der Waals surface area contributed by atoms with Crippen LogP contribution in [0, 0.1) is 18.3 Å². The second-order valence-electron chi connectivity index (χ2n) is 6.33. The summed E-state index contributed by atoms with van der Waals surface area (Å²) >= 11 is 7.39. The van der Waals surface area contributed by atoms with Gasteiger partial charge in [-0.2, -0.15) is 5.26 Å². The quantitative estimate of drug-likeness (QED) is 0.768. The zero-order valence-electron chi connectivity index (χ0n) is 14.5. The highest BCUT2D eigenvalue weighted by molar-refractivity contribution is 7.99. The predicted molar refractivity (Wildman–Crippen MR) is 102 cm³/mol. The maximum absolute atomic E-state index is 12.2. The van der Waals surface area contributed by atoms with Gasteiger partial charge >= 0.3 is 0 Å². The van der Waals surface area contributed by atoms with Gasteiger partial charge in [-0.3, -0.25) is 4.79 Å². The Morgan fingerprint density at radius 3 is 2.85 bits per heavy atom. The minimum atomic E-state index is -0.147. The van der Waals surface area contributed by atoms with Gasteiger partial charge in [0.15, 0.2) is 5.16 Å². The predicted octanol–water partition coefficient (Wildman–Crippen LogP) is 4.35. The first kappa shape index (κ1) is 18.7. The van der Waals surface area contributed by atoms with Gasteiger partial charge in [0.1, 0.15) is 11.9 Å². The van der Waals surface area contributed by atoms with Crippen molar-refractivity contribution in [2.75, 3.05) is 11.1 Å². The van der Waals surface area contributed by atoms with E-state index < -0.39 is 0 Å². The molecule has 1 fully saturated rings. The van der Waals surface area contributed by atoms with Crippen LogP contribution >= 0.6 is 23.4 Å². The zero-order valence-corrected chi connectivity index (χ0v) is 16.1. The van der Waals surface area contributed by atoms with Gasteiger partial charge in [-0.05, 0) is 38.0 Å². The number of nitriles is 1.